The lowest BCUT2D eigenvalue weighted by molar-refractivity contribution is -0.151. The fourth-order valence-corrected chi connectivity index (χ4v) is 5.37. The molecular weight excluding hydrogens is 464 g/mol. The largest absolute Gasteiger partial charge is 0.455 e. The number of amides is 1. The van der Waals surface area contributed by atoms with E-state index in [1.165, 1.54) is 33.5 Å². The van der Waals surface area contributed by atoms with Crippen LogP contribution >= 0.6 is 11.6 Å². The summed E-state index contributed by atoms with van der Waals surface area (Å²) < 4.78 is 32.1. The second-order valence-electron chi connectivity index (χ2n) is 7.71. The molecule has 1 saturated heterocycles. The van der Waals surface area contributed by atoms with Gasteiger partial charge in [0.1, 0.15) is 0 Å². The standard InChI is InChI=1S/C24H23ClN2O5S/c25-20-8-10-21(11-9-20)33(30,31)27-14-12-26(13-15-27)23(28)17-32-24(29)16-19-6-3-5-18-4-1-2-7-22(18)19/h1-11H,12-17H2. The van der Waals surface area contributed by atoms with E-state index in [-0.39, 0.29) is 50.0 Å². The summed E-state index contributed by atoms with van der Waals surface area (Å²) in [5.41, 5.74) is 0.839. The normalized spacial score (nSPS) is 14.9. The molecule has 0 spiro atoms. The van der Waals surface area contributed by atoms with Crippen LogP contribution in [0.5, 0.6) is 0 Å². The van der Waals surface area contributed by atoms with Gasteiger partial charge >= 0.3 is 5.97 Å². The Morgan fingerprint density at radius 1 is 0.879 bits per heavy atom. The van der Waals surface area contributed by atoms with E-state index in [1.54, 1.807) is 0 Å². The minimum absolute atomic E-state index is 0.0712. The second kappa shape index (κ2) is 9.91. The van der Waals surface area contributed by atoms with E-state index in [4.69, 9.17) is 16.3 Å². The lowest BCUT2D eigenvalue weighted by Gasteiger charge is -2.33. The number of carbonyl (C=O) groups is 2. The molecule has 1 fully saturated rings. The van der Waals surface area contributed by atoms with Crippen LogP contribution in [0, 0.1) is 0 Å². The number of carbonyl (C=O) groups excluding carboxylic acids is 2. The molecule has 1 amide bonds. The van der Waals surface area contributed by atoms with E-state index < -0.39 is 16.0 Å². The number of hydrogen-bond acceptors (Lipinski definition) is 5. The van der Waals surface area contributed by atoms with Gasteiger partial charge < -0.3 is 9.64 Å². The van der Waals surface area contributed by atoms with Crippen LogP contribution in [0.25, 0.3) is 10.8 Å². The maximum Gasteiger partial charge on any atom is 0.310 e. The average Bonchev–Trinajstić information content (AvgIpc) is 2.83. The molecular formula is C24H23ClN2O5S. The number of sulfonamides is 1. The zero-order valence-electron chi connectivity index (χ0n) is 17.8. The van der Waals surface area contributed by atoms with Crippen molar-refractivity contribution >= 4 is 44.3 Å². The van der Waals surface area contributed by atoms with Crippen molar-refractivity contribution in [3.05, 3.63) is 77.3 Å². The maximum atomic E-state index is 12.8. The van der Waals surface area contributed by atoms with E-state index in [9.17, 15) is 18.0 Å². The summed E-state index contributed by atoms with van der Waals surface area (Å²) in [6.45, 7) is 0.424. The van der Waals surface area contributed by atoms with Gasteiger partial charge in [0.25, 0.3) is 5.91 Å². The number of nitrogens with zero attached hydrogens (tertiary/aromatic N) is 2. The van der Waals surface area contributed by atoms with Crippen molar-refractivity contribution in [3.63, 3.8) is 0 Å². The lowest BCUT2D eigenvalue weighted by atomic mass is 10.0. The quantitative estimate of drug-likeness (QED) is 0.500. The van der Waals surface area contributed by atoms with Crippen LogP contribution in [0.1, 0.15) is 5.56 Å². The van der Waals surface area contributed by atoms with Gasteiger partial charge in [-0.25, -0.2) is 8.42 Å². The third kappa shape index (κ3) is 5.35. The Balaban J connectivity index is 1.28. The van der Waals surface area contributed by atoms with Gasteiger partial charge in [-0.05, 0) is 40.6 Å². The summed E-state index contributed by atoms with van der Waals surface area (Å²) in [5, 5.41) is 2.46. The van der Waals surface area contributed by atoms with Crippen LogP contribution in [0.3, 0.4) is 0 Å². The predicted molar refractivity (Wildman–Crippen MR) is 125 cm³/mol. The number of esters is 1. The van der Waals surface area contributed by atoms with Crippen molar-refractivity contribution in [1.82, 2.24) is 9.21 Å². The first-order valence-electron chi connectivity index (χ1n) is 10.5. The molecule has 33 heavy (non-hydrogen) atoms. The first-order valence-corrected chi connectivity index (χ1v) is 12.3. The molecule has 0 radical (unpaired) electrons. The number of rotatable bonds is 6. The van der Waals surface area contributed by atoms with Crippen molar-refractivity contribution in [2.24, 2.45) is 0 Å². The molecule has 1 aliphatic rings. The average molecular weight is 487 g/mol. The number of fused-ring (bicyclic) bond motifs is 1. The fraction of sp³-hybridized carbons (Fsp3) is 0.250. The number of ether oxygens (including phenoxy) is 1. The topological polar surface area (TPSA) is 84.0 Å². The summed E-state index contributed by atoms with van der Waals surface area (Å²) in [7, 11) is -3.65. The Morgan fingerprint density at radius 2 is 1.55 bits per heavy atom. The van der Waals surface area contributed by atoms with Gasteiger partial charge in [-0.1, -0.05) is 54.1 Å². The number of halogens is 1. The monoisotopic (exact) mass is 486 g/mol. The summed E-state index contributed by atoms with van der Waals surface area (Å²) in [5.74, 6) is -0.825. The molecule has 3 aromatic carbocycles. The molecule has 0 aromatic heterocycles. The van der Waals surface area contributed by atoms with Gasteiger partial charge in [0.2, 0.25) is 10.0 Å². The van der Waals surface area contributed by atoms with Crippen LogP contribution < -0.4 is 0 Å². The van der Waals surface area contributed by atoms with E-state index in [1.807, 2.05) is 42.5 Å². The molecule has 7 nitrogen and oxygen atoms in total. The molecule has 0 bridgehead atoms. The van der Waals surface area contributed by atoms with Gasteiger partial charge in [0.15, 0.2) is 6.61 Å². The van der Waals surface area contributed by atoms with Crippen molar-refractivity contribution < 1.29 is 22.7 Å². The van der Waals surface area contributed by atoms with Crippen molar-refractivity contribution in [2.75, 3.05) is 32.8 Å². The first kappa shape index (κ1) is 23.2. The Bertz CT molecular complexity index is 1260. The number of hydrogen-bond donors (Lipinski definition) is 0. The van der Waals surface area contributed by atoms with E-state index in [0.717, 1.165) is 16.3 Å². The van der Waals surface area contributed by atoms with Crippen molar-refractivity contribution in [2.45, 2.75) is 11.3 Å². The molecule has 0 unspecified atom stereocenters. The molecule has 9 heteroatoms. The molecule has 172 valence electrons. The van der Waals surface area contributed by atoms with Gasteiger partial charge in [-0.15, -0.1) is 0 Å². The van der Waals surface area contributed by atoms with Crippen LogP contribution in [0.4, 0.5) is 0 Å². The minimum Gasteiger partial charge on any atom is -0.455 e. The van der Waals surface area contributed by atoms with E-state index in [0.29, 0.717) is 5.02 Å². The van der Waals surface area contributed by atoms with Gasteiger partial charge in [0.05, 0.1) is 11.3 Å². The Labute approximate surface area is 197 Å². The predicted octanol–water partition coefficient (Wildman–Crippen LogP) is 3.11. The highest BCUT2D eigenvalue weighted by atomic mass is 35.5. The molecule has 4 rings (SSSR count). The highest BCUT2D eigenvalue weighted by Crippen LogP contribution is 2.21. The molecule has 0 N–H and O–H groups in total. The van der Waals surface area contributed by atoms with Gasteiger partial charge in [-0.2, -0.15) is 4.31 Å². The van der Waals surface area contributed by atoms with Crippen LogP contribution in [0.2, 0.25) is 5.02 Å². The van der Waals surface area contributed by atoms with Gasteiger partial charge in [-0.3, -0.25) is 9.59 Å². The van der Waals surface area contributed by atoms with Crippen molar-refractivity contribution in [3.8, 4) is 0 Å². The molecule has 1 aliphatic heterocycles. The minimum atomic E-state index is -3.65. The van der Waals surface area contributed by atoms with Gasteiger partial charge in [0, 0.05) is 31.2 Å². The second-order valence-corrected chi connectivity index (χ2v) is 10.1. The number of piperazine rings is 1. The number of benzene rings is 3. The third-order valence-corrected chi connectivity index (χ3v) is 7.78. The maximum absolute atomic E-state index is 12.8. The van der Waals surface area contributed by atoms with Crippen LogP contribution in [-0.4, -0.2) is 62.3 Å². The Kier molecular flexibility index (Phi) is 6.97. The van der Waals surface area contributed by atoms with Crippen LogP contribution in [-0.2, 0) is 30.8 Å². The zero-order valence-corrected chi connectivity index (χ0v) is 19.4. The highest BCUT2D eigenvalue weighted by molar-refractivity contribution is 7.89. The molecule has 3 aromatic rings. The van der Waals surface area contributed by atoms with Crippen molar-refractivity contribution in [1.29, 1.82) is 0 Å². The summed E-state index contributed by atoms with van der Waals surface area (Å²) in [6, 6.07) is 19.5. The Hall–Kier alpha value is -2.94. The summed E-state index contributed by atoms with van der Waals surface area (Å²) >= 11 is 5.84. The smallest absolute Gasteiger partial charge is 0.310 e. The molecule has 1 heterocycles. The lowest BCUT2D eigenvalue weighted by Crippen LogP contribution is -2.51. The van der Waals surface area contributed by atoms with E-state index >= 15 is 0 Å². The highest BCUT2D eigenvalue weighted by Gasteiger charge is 2.30. The fourth-order valence-electron chi connectivity index (χ4n) is 3.82. The SMILES string of the molecule is O=C(Cc1cccc2ccccc12)OCC(=O)N1CCN(S(=O)(=O)c2ccc(Cl)cc2)CC1. The zero-order chi connectivity index (χ0) is 23.4. The third-order valence-electron chi connectivity index (χ3n) is 5.61. The molecule has 0 aliphatic carbocycles. The van der Waals surface area contributed by atoms with E-state index in [2.05, 4.69) is 0 Å². The molecule has 0 saturated carbocycles. The molecule has 0 atom stereocenters. The summed E-state index contributed by atoms with van der Waals surface area (Å²) in [4.78, 5) is 26.5. The first-order chi connectivity index (χ1) is 15.8. The van der Waals surface area contributed by atoms with Crippen LogP contribution in [0.15, 0.2) is 71.6 Å². The Morgan fingerprint density at radius 3 is 2.27 bits per heavy atom. The summed E-state index contributed by atoms with van der Waals surface area (Å²) in [6.07, 6.45) is 0.0712.